The van der Waals surface area contributed by atoms with Crippen LogP contribution in [0.4, 0.5) is 0 Å². The maximum absolute atomic E-state index is 7.33. The van der Waals surface area contributed by atoms with Crippen LogP contribution >= 0.6 is 0 Å². The van der Waals surface area contributed by atoms with Gasteiger partial charge >= 0.3 is 0 Å². The second-order valence-electron chi connectivity index (χ2n) is 6.26. The number of nitrogens with one attached hydrogen (secondary N) is 1. The van der Waals surface area contributed by atoms with Crippen molar-refractivity contribution in [1.82, 2.24) is 9.88 Å². The van der Waals surface area contributed by atoms with Gasteiger partial charge in [-0.15, -0.1) is 0 Å². The minimum absolute atomic E-state index is 0.750. The third-order valence-corrected chi connectivity index (χ3v) is 4.46. The second-order valence-corrected chi connectivity index (χ2v) is 6.26. The van der Waals surface area contributed by atoms with Crippen LogP contribution in [0.3, 0.4) is 0 Å². The molecule has 0 radical (unpaired) electrons. The largest absolute Gasteiger partial charge is 0.516 e. The maximum atomic E-state index is 7.33. The number of H-pyrrole nitrogens is 1. The standard InChI is InChI=1S/C19H20N2.C2H4O/c1-14-7-8-18-16(11-14)17-13-21(10-9-19(17)20-18)12-15-5-3-2-4-6-15;1-2-3/h2-8,11,20H,9-10,12-13H2,1H3;2-3H,1H2. The number of aliphatic hydroxyl groups is 1. The molecule has 24 heavy (non-hydrogen) atoms. The summed E-state index contributed by atoms with van der Waals surface area (Å²) in [5.74, 6) is 0. The summed E-state index contributed by atoms with van der Waals surface area (Å²) in [5, 5.41) is 8.74. The predicted octanol–water partition coefficient (Wildman–Crippen LogP) is 4.72. The molecule has 1 aromatic heterocycles. The molecule has 0 spiro atoms. The van der Waals surface area contributed by atoms with Gasteiger partial charge in [0.2, 0.25) is 0 Å². The number of aromatic nitrogens is 1. The highest BCUT2D eigenvalue weighted by atomic mass is 16.2. The molecule has 0 bridgehead atoms. The molecule has 0 unspecified atom stereocenters. The summed E-state index contributed by atoms with van der Waals surface area (Å²) < 4.78 is 0. The monoisotopic (exact) mass is 320 g/mol. The molecule has 2 heterocycles. The normalized spacial score (nSPS) is 13.9. The molecular formula is C21H24N2O. The zero-order valence-corrected chi connectivity index (χ0v) is 14.1. The summed E-state index contributed by atoms with van der Waals surface area (Å²) in [4.78, 5) is 6.15. The van der Waals surface area contributed by atoms with E-state index in [0.717, 1.165) is 32.3 Å². The quantitative estimate of drug-likeness (QED) is 0.671. The van der Waals surface area contributed by atoms with Crippen molar-refractivity contribution in [2.24, 2.45) is 0 Å². The van der Waals surface area contributed by atoms with Gasteiger partial charge < -0.3 is 10.1 Å². The summed E-state index contributed by atoms with van der Waals surface area (Å²) in [6.45, 7) is 8.31. The van der Waals surface area contributed by atoms with E-state index in [1.54, 1.807) is 0 Å². The van der Waals surface area contributed by atoms with Gasteiger partial charge in [-0.3, -0.25) is 4.90 Å². The van der Waals surface area contributed by atoms with Crippen molar-refractivity contribution in [2.75, 3.05) is 6.54 Å². The van der Waals surface area contributed by atoms with E-state index < -0.39 is 0 Å². The molecule has 2 aromatic carbocycles. The average molecular weight is 320 g/mol. The number of benzene rings is 2. The number of hydrogen-bond acceptors (Lipinski definition) is 2. The SMILES string of the molecule is C=CO.Cc1ccc2[nH]c3c(c2c1)CN(Cc1ccccc1)CC3. The van der Waals surface area contributed by atoms with Crippen LogP contribution in [0.2, 0.25) is 0 Å². The van der Waals surface area contributed by atoms with Crippen molar-refractivity contribution in [3.05, 3.63) is 83.8 Å². The van der Waals surface area contributed by atoms with Crippen molar-refractivity contribution >= 4 is 10.9 Å². The molecule has 0 saturated heterocycles. The minimum atomic E-state index is 0.750. The smallest absolute Gasteiger partial charge is 0.0719 e. The highest BCUT2D eigenvalue weighted by Gasteiger charge is 2.20. The van der Waals surface area contributed by atoms with E-state index in [1.165, 1.54) is 33.3 Å². The molecule has 0 fully saturated rings. The van der Waals surface area contributed by atoms with Gasteiger partial charge in [0, 0.05) is 42.7 Å². The van der Waals surface area contributed by atoms with E-state index in [0.29, 0.717) is 0 Å². The van der Waals surface area contributed by atoms with Gasteiger partial charge in [0.15, 0.2) is 0 Å². The van der Waals surface area contributed by atoms with Crippen LogP contribution in [-0.2, 0) is 19.5 Å². The molecule has 124 valence electrons. The lowest BCUT2D eigenvalue weighted by Crippen LogP contribution is -2.29. The third-order valence-electron chi connectivity index (χ3n) is 4.46. The predicted molar refractivity (Wildman–Crippen MR) is 100 cm³/mol. The molecule has 3 nitrogen and oxygen atoms in total. The highest BCUT2D eigenvalue weighted by Crippen LogP contribution is 2.29. The Labute approximate surface area is 143 Å². The Bertz CT molecular complexity index is 820. The Morgan fingerprint density at radius 3 is 2.71 bits per heavy atom. The number of hydrogen-bond donors (Lipinski definition) is 2. The van der Waals surface area contributed by atoms with E-state index in [1.807, 2.05) is 0 Å². The fraction of sp³-hybridized carbons (Fsp3) is 0.238. The Morgan fingerprint density at radius 2 is 1.96 bits per heavy atom. The van der Waals surface area contributed by atoms with Crippen LogP contribution in [0, 0.1) is 6.92 Å². The molecule has 0 saturated carbocycles. The van der Waals surface area contributed by atoms with Crippen LogP contribution in [0.1, 0.15) is 22.4 Å². The van der Waals surface area contributed by atoms with Crippen LogP contribution in [-0.4, -0.2) is 21.5 Å². The number of aliphatic hydroxyl groups excluding tert-OH is 1. The summed E-state index contributed by atoms with van der Waals surface area (Å²) in [6, 6.07) is 17.5. The van der Waals surface area contributed by atoms with Crippen molar-refractivity contribution in [3.8, 4) is 0 Å². The molecule has 3 aromatic rings. The van der Waals surface area contributed by atoms with Gasteiger partial charge in [-0.1, -0.05) is 48.5 Å². The molecular weight excluding hydrogens is 296 g/mol. The first kappa shape index (κ1) is 16.3. The van der Waals surface area contributed by atoms with Crippen LogP contribution in [0.25, 0.3) is 10.9 Å². The van der Waals surface area contributed by atoms with Crippen LogP contribution in [0.5, 0.6) is 0 Å². The number of aryl methyl sites for hydroxylation is 1. The van der Waals surface area contributed by atoms with Crippen molar-refractivity contribution < 1.29 is 5.11 Å². The van der Waals surface area contributed by atoms with Gasteiger partial charge in [0.1, 0.15) is 0 Å². The first-order valence-corrected chi connectivity index (χ1v) is 8.32. The molecule has 1 aliphatic rings. The van der Waals surface area contributed by atoms with E-state index >= 15 is 0 Å². The average Bonchev–Trinajstić information content (AvgIpc) is 2.94. The topological polar surface area (TPSA) is 39.3 Å². The van der Waals surface area contributed by atoms with Gasteiger partial charge in [-0.2, -0.15) is 0 Å². The maximum Gasteiger partial charge on any atom is 0.0719 e. The van der Waals surface area contributed by atoms with Gasteiger partial charge in [0.25, 0.3) is 0 Å². The zero-order valence-electron chi connectivity index (χ0n) is 14.1. The fourth-order valence-electron chi connectivity index (χ4n) is 3.36. The lowest BCUT2D eigenvalue weighted by atomic mass is 10.0. The molecule has 0 amide bonds. The fourth-order valence-corrected chi connectivity index (χ4v) is 3.36. The number of fused-ring (bicyclic) bond motifs is 3. The summed E-state index contributed by atoms with van der Waals surface area (Å²) in [5.41, 5.74) is 6.95. The lowest BCUT2D eigenvalue weighted by molar-refractivity contribution is 0.245. The Hall–Kier alpha value is -2.52. The highest BCUT2D eigenvalue weighted by molar-refractivity contribution is 5.85. The first-order valence-electron chi connectivity index (χ1n) is 8.32. The first-order chi connectivity index (χ1) is 11.7. The Kier molecular flexibility index (Phi) is 5.02. The Morgan fingerprint density at radius 1 is 1.21 bits per heavy atom. The molecule has 0 atom stereocenters. The molecule has 0 aliphatic carbocycles. The lowest BCUT2D eigenvalue weighted by Gasteiger charge is -2.27. The van der Waals surface area contributed by atoms with Crippen molar-refractivity contribution in [1.29, 1.82) is 0 Å². The van der Waals surface area contributed by atoms with E-state index in [9.17, 15) is 0 Å². The second kappa shape index (κ2) is 7.37. The molecule has 3 heteroatoms. The number of rotatable bonds is 2. The van der Waals surface area contributed by atoms with Gasteiger partial charge in [0.05, 0.1) is 6.26 Å². The minimum Gasteiger partial charge on any atom is -0.516 e. The van der Waals surface area contributed by atoms with Crippen molar-refractivity contribution in [3.63, 3.8) is 0 Å². The molecule has 1 aliphatic heterocycles. The molecule has 2 N–H and O–H groups in total. The summed E-state index contributed by atoms with van der Waals surface area (Å²) in [6.07, 6.45) is 1.87. The van der Waals surface area contributed by atoms with Gasteiger partial charge in [-0.05, 0) is 30.2 Å². The van der Waals surface area contributed by atoms with E-state index in [2.05, 4.69) is 71.9 Å². The van der Waals surface area contributed by atoms with Crippen molar-refractivity contribution in [2.45, 2.75) is 26.4 Å². The zero-order chi connectivity index (χ0) is 16.9. The van der Waals surface area contributed by atoms with E-state index in [4.69, 9.17) is 5.11 Å². The molecule has 4 rings (SSSR count). The number of aromatic amines is 1. The van der Waals surface area contributed by atoms with Crippen LogP contribution < -0.4 is 0 Å². The van der Waals surface area contributed by atoms with E-state index in [-0.39, 0.29) is 0 Å². The summed E-state index contributed by atoms with van der Waals surface area (Å²) in [7, 11) is 0. The Balaban J connectivity index is 0.000000526. The third kappa shape index (κ3) is 3.52. The number of nitrogens with zero attached hydrogens (tertiary/aromatic N) is 1. The van der Waals surface area contributed by atoms with Crippen LogP contribution in [0.15, 0.2) is 61.4 Å². The summed E-state index contributed by atoms with van der Waals surface area (Å²) >= 11 is 0. The van der Waals surface area contributed by atoms with Gasteiger partial charge in [-0.25, -0.2) is 0 Å².